The van der Waals surface area contributed by atoms with Crippen molar-refractivity contribution >= 4 is 65.3 Å². The Morgan fingerprint density at radius 3 is 1.76 bits per heavy atom. The van der Waals surface area contributed by atoms with Gasteiger partial charge in [-0.1, -0.05) is 50.7 Å². The summed E-state index contributed by atoms with van der Waals surface area (Å²) in [6, 6.07) is 3.70. The minimum absolute atomic E-state index is 0.0618. The Hall–Kier alpha value is -6.48. The van der Waals surface area contributed by atoms with E-state index in [1.54, 1.807) is 9.80 Å². The van der Waals surface area contributed by atoms with Crippen LogP contribution in [0.1, 0.15) is 115 Å². The SMILES string of the molecule is NCCN(CC(=O)O)CC(Cc1ccc(Nc2nc(N3CCCCC3)nc(N3CCN(CCCCCCCCCCC(=O)NCCCC[C@H](NC(=O)N[C@@H](CCC(=O)O)C(=O)O)C(=O)O)CC3)n2)cc1)N(CCN)CC(=O)O. The molecule has 0 bridgehead atoms. The highest BCUT2D eigenvalue weighted by atomic mass is 16.4. The van der Waals surface area contributed by atoms with Crippen molar-refractivity contribution in [3.63, 3.8) is 0 Å². The summed E-state index contributed by atoms with van der Waals surface area (Å²) < 4.78 is 0. The van der Waals surface area contributed by atoms with Gasteiger partial charge in [-0.15, -0.1) is 0 Å². The van der Waals surface area contributed by atoms with Gasteiger partial charge in [0.25, 0.3) is 0 Å². The van der Waals surface area contributed by atoms with Gasteiger partial charge in [-0.2, -0.15) is 15.0 Å². The third-order valence-electron chi connectivity index (χ3n) is 13.9. The summed E-state index contributed by atoms with van der Waals surface area (Å²) in [6.45, 7) is 7.61. The average Bonchev–Trinajstić information content (AvgIpc) is 3.41. The summed E-state index contributed by atoms with van der Waals surface area (Å²) >= 11 is 0. The number of carbonyl (C=O) groups excluding carboxylic acids is 2. The number of anilines is 4. The molecule has 0 aliphatic carbocycles. The largest absolute Gasteiger partial charge is 0.481 e. The van der Waals surface area contributed by atoms with Crippen LogP contribution >= 0.6 is 0 Å². The van der Waals surface area contributed by atoms with Crippen LogP contribution in [-0.4, -0.2) is 213 Å². The number of benzene rings is 1. The van der Waals surface area contributed by atoms with Crippen LogP contribution in [0.25, 0.3) is 0 Å². The van der Waals surface area contributed by atoms with Crippen LogP contribution in [0.15, 0.2) is 24.3 Å². The molecule has 3 atom stereocenters. The number of amides is 3. The summed E-state index contributed by atoms with van der Waals surface area (Å²) in [7, 11) is 0. The molecule has 78 heavy (non-hydrogen) atoms. The highest BCUT2D eigenvalue weighted by molar-refractivity contribution is 5.86. The van der Waals surface area contributed by atoms with Gasteiger partial charge in [0, 0.05) is 103 Å². The van der Waals surface area contributed by atoms with E-state index in [0.29, 0.717) is 69.7 Å². The number of piperazine rings is 1. The normalized spacial score (nSPS) is 15.1. The van der Waals surface area contributed by atoms with E-state index in [2.05, 4.69) is 36.0 Å². The van der Waals surface area contributed by atoms with Gasteiger partial charge >= 0.3 is 35.9 Å². The molecule has 1 unspecified atom stereocenters. The molecular formula is C52H86N14O12. The number of carboxylic acids is 5. The number of carbonyl (C=O) groups is 7. The fourth-order valence-electron chi connectivity index (χ4n) is 9.64. The lowest BCUT2D eigenvalue weighted by atomic mass is 10.0. The third kappa shape index (κ3) is 25.3. The predicted octanol–water partition coefficient (Wildman–Crippen LogP) is 2.20. The first-order valence-electron chi connectivity index (χ1n) is 27.7. The number of rotatable bonds is 40. The number of hydrogen-bond donors (Lipinski definition) is 11. The van der Waals surface area contributed by atoms with Gasteiger partial charge in [0.15, 0.2) is 0 Å². The van der Waals surface area contributed by atoms with Crippen molar-refractivity contribution in [3.8, 4) is 0 Å². The Bertz CT molecular complexity index is 2160. The molecule has 2 fully saturated rings. The maximum absolute atomic E-state index is 12.3. The molecule has 3 heterocycles. The number of hydrogen-bond acceptors (Lipinski definition) is 18. The van der Waals surface area contributed by atoms with Crippen molar-refractivity contribution in [3.05, 3.63) is 29.8 Å². The topological polar surface area (TPSA) is 376 Å². The van der Waals surface area contributed by atoms with Gasteiger partial charge in [-0.3, -0.25) is 33.9 Å². The third-order valence-corrected chi connectivity index (χ3v) is 13.9. The number of carboxylic acid groups (broad SMARTS) is 5. The van der Waals surface area contributed by atoms with Gasteiger partial charge in [-0.25, -0.2) is 14.4 Å². The van der Waals surface area contributed by atoms with Gasteiger partial charge in [0.05, 0.1) is 13.1 Å². The molecular weight excluding hydrogens is 1010 g/mol. The zero-order chi connectivity index (χ0) is 56.7. The lowest BCUT2D eigenvalue weighted by molar-refractivity contribution is -0.141. The van der Waals surface area contributed by atoms with Crippen molar-refractivity contribution in [1.29, 1.82) is 0 Å². The molecule has 0 spiro atoms. The Morgan fingerprint density at radius 2 is 1.18 bits per heavy atom. The zero-order valence-electron chi connectivity index (χ0n) is 45.2. The molecule has 26 nitrogen and oxygen atoms in total. The number of unbranched alkanes of at least 4 members (excludes halogenated alkanes) is 8. The summed E-state index contributed by atoms with van der Waals surface area (Å²) in [6.07, 6.45) is 12.8. The van der Waals surface area contributed by atoms with Gasteiger partial charge < -0.3 is 68.1 Å². The molecule has 26 heteroatoms. The number of nitrogens with two attached hydrogens (primary N) is 2. The second-order valence-corrected chi connectivity index (χ2v) is 20.1. The average molecular weight is 1100 g/mol. The van der Waals surface area contributed by atoms with Crippen LogP contribution in [0.3, 0.4) is 0 Å². The number of piperidine rings is 1. The molecule has 4 rings (SSSR count). The van der Waals surface area contributed by atoms with Crippen molar-refractivity contribution in [2.45, 2.75) is 134 Å². The molecule has 1 aromatic carbocycles. The second-order valence-electron chi connectivity index (χ2n) is 20.1. The minimum Gasteiger partial charge on any atom is -0.481 e. The van der Waals surface area contributed by atoms with E-state index in [-0.39, 0.29) is 51.0 Å². The number of aliphatic carboxylic acids is 5. The summed E-state index contributed by atoms with van der Waals surface area (Å²) in [4.78, 5) is 107. The Balaban J connectivity index is 1.14. The molecule has 1 aromatic heterocycles. The second kappa shape index (κ2) is 35.8. The van der Waals surface area contributed by atoms with E-state index in [1.165, 1.54) is 6.42 Å². The zero-order valence-corrected chi connectivity index (χ0v) is 45.2. The maximum atomic E-state index is 12.3. The van der Waals surface area contributed by atoms with Gasteiger partial charge in [0.1, 0.15) is 12.1 Å². The highest BCUT2D eigenvalue weighted by Gasteiger charge is 2.27. The minimum atomic E-state index is -1.48. The number of nitrogens with zero attached hydrogens (tertiary/aromatic N) is 8. The Morgan fingerprint density at radius 1 is 0.603 bits per heavy atom. The van der Waals surface area contributed by atoms with Crippen LogP contribution in [0.2, 0.25) is 0 Å². The molecule has 0 radical (unpaired) electrons. The van der Waals surface area contributed by atoms with Crippen molar-refractivity contribution in [2.75, 3.05) is 113 Å². The van der Waals surface area contributed by atoms with Crippen LogP contribution in [0, 0.1) is 0 Å². The van der Waals surface area contributed by atoms with Gasteiger partial charge in [0.2, 0.25) is 23.8 Å². The number of nitrogens with one attached hydrogen (secondary N) is 4. The molecule has 436 valence electrons. The first-order chi connectivity index (χ1) is 37.5. The lowest BCUT2D eigenvalue weighted by Gasteiger charge is -2.35. The Labute approximate surface area is 457 Å². The fraction of sp³-hybridized carbons (Fsp3) is 0.692. The first-order valence-corrected chi connectivity index (χ1v) is 27.7. The molecule has 2 aromatic rings. The number of urea groups is 1. The monoisotopic (exact) mass is 1100 g/mol. The number of aromatic nitrogens is 3. The van der Waals surface area contributed by atoms with E-state index in [1.807, 2.05) is 24.3 Å². The standard InChI is InChI=1S/C52H86N14O12/c53-22-28-63(36-45(70)71)35-40(66(29-23-54)37-46(72)73)34-38-16-18-39(19-17-38)56-49-59-50(64-26-12-7-13-27-64)61-51(60-49)65-32-30-62(31-33-65)25-11-6-4-2-1-3-5-8-15-43(67)55-24-10-9-14-41(47(74)75)57-52(78)58-42(48(76)77)20-21-44(68)69/h16-19,40-42H,1-15,20-37,53-54H2,(H,55,67)(H,68,69)(H,70,71)(H,72,73)(H,74,75)(H,76,77)(H2,57,58,78)(H,56,59,60,61)/t40?,41-,42-/m0/s1. The van der Waals surface area contributed by atoms with Crippen LogP contribution in [-0.2, 0) is 35.2 Å². The van der Waals surface area contributed by atoms with Crippen molar-refractivity contribution < 1.29 is 59.1 Å². The molecule has 13 N–H and O–H groups in total. The summed E-state index contributed by atoms with van der Waals surface area (Å²) in [5.41, 5.74) is 13.4. The predicted molar refractivity (Wildman–Crippen MR) is 293 cm³/mol. The molecule has 2 saturated heterocycles. The lowest BCUT2D eigenvalue weighted by Crippen LogP contribution is -2.51. The van der Waals surface area contributed by atoms with Gasteiger partial charge in [-0.05, 0) is 88.4 Å². The first kappa shape index (κ1) is 64.0. The summed E-state index contributed by atoms with van der Waals surface area (Å²) in [5.74, 6) is -4.24. The Kier molecular flexibility index (Phi) is 29.4. The fourth-order valence-corrected chi connectivity index (χ4v) is 9.64. The van der Waals surface area contributed by atoms with Crippen molar-refractivity contribution in [1.82, 2.24) is 45.6 Å². The van der Waals surface area contributed by atoms with Crippen molar-refractivity contribution in [2.24, 2.45) is 11.5 Å². The molecule has 2 aliphatic heterocycles. The van der Waals surface area contributed by atoms with E-state index >= 15 is 0 Å². The smallest absolute Gasteiger partial charge is 0.326 e. The summed E-state index contributed by atoms with van der Waals surface area (Å²) in [5, 5.41) is 57.3. The van der Waals surface area contributed by atoms with E-state index < -0.39 is 54.4 Å². The van der Waals surface area contributed by atoms with Crippen LogP contribution < -0.4 is 42.5 Å². The molecule has 0 saturated carbocycles. The quantitative estimate of drug-likeness (QED) is 0.0426. The maximum Gasteiger partial charge on any atom is 0.326 e. The molecule has 3 amide bonds. The molecule has 2 aliphatic rings. The van der Waals surface area contributed by atoms with Crippen LogP contribution in [0.5, 0.6) is 0 Å². The van der Waals surface area contributed by atoms with E-state index in [4.69, 9.17) is 31.5 Å². The highest BCUT2D eigenvalue weighted by Crippen LogP contribution is 2.24. The van der Waals surface area contributed by atoms with E-state index in [9.17, 15) is 54.0 Å². The van der Waals surface area contributed by atoms with E-state index in [0.717, 1.165) is 121 Å². The van der Waals surface area contributed by atoms with Crippen LogP contribution in [0.4, 0.5) is 28.3 Å².